The number of nitrogens with zero attached hydrogens (tertiary/aromatic N) is 1. The van der Waals surface area contributed by atoms with Gasteiger partial charge in [-0.1, -0.05) is 53.8 Å². The number of urea groups is 1. The van der Waals surface area contributed by atoms with Gasteiger partial charge in [-0.3, -0.25) is 5.32 Å². The number of aromatic nitrogens is 1. The van der Waals surface area contributed by atoms with Crippen molar-refractivity contribution in [2.75, 3.05) is 5.32 Å². The molecular formula is C16H15N3OS. The fourth-order valence-electron chi connectivity index (χ4n) is 2.08. The number of fused-ring (bicyclic) bond motifs is 1. The molecule has 2 amide bonds. The molecule has 0 fully saturated rings. The van der Waals surface area contributed by atoms with E-state index in [9.17, 15) is 4.79 Å². The summed E-state index contributed by atoms with van der Waals surface area (Å²) < 4.78 is 1.06. The van der Waals surface area contributed by atoms with Gasteiger partial charge >= 0.3 is 6.03 Å². The highest BCUT2D eigenvalue weighted by Gasteiger charge is 2.11. The topological polar surface area (TPSA) is 54.0 Å². The maximum absolute atomic E-state index is 12.0. The maximum atomic E-state index is 12.0. The summed E-state index contributed by atoms with van der Waals surface area (Å²) in [5, 5.41) is 6.30. The van der Waals surface area contributed by atoms with Crippen LogP contribution in [0, 0.1) is 0 Å². The highest BCUT2D eigenvalue weighted by molar-refractivity contribution is 7.22. The van der Waals surface area contributed by atoms with Crippen LogP contribution in [0.15, 0.2) is 54.6 Å². The first-order valence-corrected chi connectivity index (χ1v) is 7.52. The Morgan fingerprint density at radius 3 is 2.57 bits per heavy atom. The van der Waals surface area contributed by atoms with Crippen LogP contribution in [-0.2, 0) is 0 Å². The minimum atomic E-state index is -0.245. The summed E-state index contributed by atoms with van der Waals surface area (Å²) in [6.07, 6.45) is 0. The van der Waals surface area contributed by atoms with Crippen LogP contribution in [0.4, 0.5) is 9.93 Å². The fraction of sp³-hybridized carbons (Fsp3) is 0.125. The van der Waals surface area contributed by atoms with Crippen LogP contribution in [0.2, 0.25) is 0 Å². The van der Waals surface area contributed by atoms with Crippen molar-refractivity contribution in [3.63, 3.8) is 0 Å². The van der Waals surface area contributed by atoms with E-state index in [2.05, 4.69) is 15.6 Å². The van der Waals surface area contributed by atoms with Gasteiger partial charge in [0, 0.05) is 0 Å². The summed E-state index contributed by atoms with van der Waals surface area (Å²) in [7, 11) is 0. The molecule has 1 unspecified atom stereocenters. The van der Waals surface area contributed by atoms with Crippen molar-refractivity contribution in [2.45, 2.75) is 13.0 Å². The minimum absolute atomic E-state index is 0.0550. The predicted octanol–water partition coefficient (Wildman–Crippen LogP) is 4.18. The van der Waals surface area contributed by atoms with E-state index in [0.29, 0.717) is 5.13 Å². The summed E-state index contributed by atoms with van der Waals surface area (Å²) in [4.78, 5) is 16.4. The number of para-hydroxylation sites is 1. The zero-order valence-corrected chi connectivity index (χ0v) is 12.4. The highest BCUT2D eigenvalue weighted by atomic mass is 32.1. The van der Waals surface area contributed by atoms with Crippen LogP contribution >= 0.6 is 11.3 Å². The van der Waals surface area contributed by atoms with Gasteiger partial charge in [-0.25, -0.2) is 9.78 Å². The average molecular weight is 297 g/mol. The molecule has 0 aliphatic heterocycles. The molecule has 1 atom stereocenters. The molecule has 0 spiro atoms. The third-order valence-electron chi connectivity index (χ3n) is 3.16. The van der Waals surface area contributed by atoms with Crippen molar-refractivity contribution in [2.24, 2.45) is 0 Å². The number of rotatable bonds is 3. The van der Waals surface area contributed by atoms with Crippen molar-refractivity contribution >= 4 is 32.7 Å². The Labute approximate surface area is 126 Å². The van der Waals surface area contributed by atoms with E-state index in [1.165, 1.54) is 11.3 Å². The second-order valence-corrected chi connectivity index (χ2v) is 5.75. The molecule has 21 heavy (non-hydrogen) atoms. The van der Waals surface area contributed by atoms with Gasteiger partial charge in [0.15, 0.2) is 5.13 Å². The molecule has 3 aromatic rings. The molecule has 1 heterocycles. The summed E-state index contributed by atoms with van der Waals surface area (Å²) in [5.74, 6) is 0. The number of hydrogen-bond donors (Lipinski definition) is 2. The van der Waals surface area contributed by atoms with Gasteiger partial charge in [0.05, 0.1) is 16.3 Å². The molecular weight excluding hydrogens is 282 g/mol. The lowest BCUT2D eigenvalue weighted by atomic mass is 10.1. The summed E-state index contributed by atoms with van der Waals surface area (Å²) in [6.45, 7) is 1.95. The Balaban J connectivity index is 1.66. The number of carbonyl (C=O) groups is 1. The standard InChI is InChI=1S/C16H15N3OS/c1-11(12-7-3-2-4-8-12)17-15(20)19-16-18-13-9-5-6-10-14(13)21-16/h2-11H,1H3,(H2,17,18,19,20). The Morgan fingerprint density at radius 1 is 1.10 bits per heavy atom. The lowest BCUT2D eigenvalue weighted by Crippen LogP contribution is -2.31. The SMILES string of the molecule is CC(NC(=O)Nc1nc2ccccc2s1)c1ccccc1. The van der Waals surface area contributed by atoms with Crippen molar-refractivity contribution in [1.82, 2.24) is 10.3 Å². The van der Waals surface area contributed by atoms with Crippen molar-refractivity contribution in [3.05, 3.63) is 60.2 Å². The second-order valence-electron chi connectivity index (χ2n) is 4.72. The quantitative estimate of drug-likeness (QED) is 0.762. The van der Waals surface area contributed by atoms with Gasteiger partial charge in [-0.15, -0.1) is 0 Å². The van der Waals surface area contributed by atoms with Crippen molar-refractivity contribution < 1.29 is 4.79 Å². The van der Waals surface area contributed by atoms with E-state index in [0.717, 1.165) is 15.8 Å². The van der Waals surface area contributed by atoms with Crippen LogP contribution in [-0.4, -0.2) is 11.0 Å². The van der Waals surface area contributed by atoms with E-state index >= 15 is 0 Å². The van der Waals surface area contributed by atoms with E-state index in [-0.39, 0.29) is 12.1 Å². The Morgan fingerprint density at radius 2 is 1.81 bits per heavy atom. The third kappa shape index (κ3) is 3.20. The molecule has 2 N–H and O–H groups in total. The van der Waals surface area contributed by atoms with Crippen molar-refractivity contribution in [3.8, 4) is 0 Å². The number of thiazole rings is 1. The van der Waals surface area contributed by atoms with E-state index in [1.807, 2.05) is 61.5 Å². The first-order valence-electron chi connectivity index (χ1n) is 6.70. The van der Waals surface area contributed by atoms with Gasteiger partial charge < -0.3 is 5.32 Å². The van der Waals surface area contributed by atoms with E-state index in [1.54, 1.807) is 0 Å². The number of hydrogen-bond acceptors (Lipinski definition) is 3. The number of anilines is 1. The fourth-order valence-corrected chi connectivity index (χ4v) is 2.94. The third-order valence-corrected chi connectivity index (χ3v) is 4.11. The second kappa shape index (κ2) is 5.93. The van der Waals surface area contributed by atoms with Crippen LogP contribution in [0.25, 0.3) is 10.2 Å². The number of carbonyl (C=O) groups excluding carboxylic acids is 1. The van der Waals surface area contributed by atoms with Gasteiger partial charge in [0.25, 0.3) is 0 Å². The molecule has 1 aromatic heterocycles. The highest BCUT2D eigenvalue weighted by Crippen LogP contribution is 2.25. The molecule has 3 rings (SSSR count). The molecule has 2 aromatic carbocycles. The van der Waals surface area contributed by atoms with Gasteiger partial charge in [0.2, 0.25) is 0 Å². The number of benzene rings is 2. The van der Waals surface area contributed by atoms with E-state index < -0.39 is 0 Å². The summed E-state index contributed by atoms with van der Waals surface area (Å²) in [5.41, 5.74) is 1.96. The zero-order valence-electron chi connectivity index (χ0n) is 11.5. The van der Waals surface area contributed by atoms with Crippen LogP contribution in [0.3, 0.4) is 0 Å². The minimum Gasteiger partial charge on any atom is -0.331 e. The van der Waals surface area contributed by atoms with Crippen LogP contribution in [0.5, 0.6) is 0 Å². The predicted molar refractivity (Wildman–Crippen MR) is 86.6 cm³/mol. The summed E-state index contributed by atoms with van der Waals surface area (Å²) >= 11 is 1.47. The monoisotopic (exact) mass is 297 g/mol. The average Bonchev–Trinajstić information content (AvgIpc) is 2.90. The van der Waals surface area contributed by atoms with Crippen LogP contribution in [0.1, 0.15) is 18.5 Å². The molecule has 4 nitrogen and oxygen atoms in total. The molecule has 0 aliphatic rings. The van der Waals surface area contributed by atoms with Crippen LogP contribution < -0.4 is 10.6 Å². The normalized spacial score (nSPS) is 12.0. The Kier molecular flexibility index (Phi) is 3.83. The smallest absolute Gasteiger partial charge is 0.321 e. The van der Waals surface area contributed by atoms with E-state index in [4.69, 9.17) is 0 Å². The largest absolute Gasteiger partial charge is 0.331 e. The van der Waals surface area contributed by atoms with Gasteiger partial charge in [-0.2, -0.15) is 0 Å². The first-order chi connectivity index (χ1) is 10.2. The Hall–Kier alpha value is -2.40. The number of nitrogens with one attached hydrogen (secondary N) is 2. The molecule has 0 radical (unpaired) electrons. The zero-order chi connectivity index (χ0) is 14.7. The van der Waals surface area contributed by atoms with Gasteiger partial charge in [0.1, 0.15) is 0 Å². The lowest BCUT2D eigenvalue weighted by Gasteiger charge is -2.13. The molecule has 0 saturated carbocycles. The lowest BCUT2D eigenvalue weighted by molar-refractivity contribution is 0.249. The molecule has 0 bridgehead atoms. The molecule has 0 saturated heterocycles. The molecule has 106 valence electrons. The maximum Gasteiger partial charge on any atom is 0.321 e. The molecule has 5 heteroatoms. The molecule has 0 aliphatic carbocycles. The summed E-state index contributed by atoms with van der Waals surface area (Å²) in [6, 6.07) is 17.4. The number of amides is 2. The van der Waals surface area contributed by atoms with Crippen molar-refractivity contribution in [1.29, 1.82) is 0 Å². The van der Waals surface area contributed by atoms with Gasteiger partial charge in [-0.05, 0) is 24.6 Å². The first kappa shape index (κ1) is 13.6. The Bertz CT molecular complexity index is 721.